The first-order valence-corrected chi connectivity index (χ1v) is 12.4. The minimum Gasteiger partial charge on any atom is -0.497 e. The Labute approximate surface area is 200 Å². The van der Waals surface area contributed by atoms with Crippen LogP contribution in [0.15, 0.2) is 60.7 Å². The molecule has 5 rings (SSSR count). The van der Waals surface area contributed by atoms with Gasteiger partial charge in [-0.15, -0.1) is 5.10 Å². The van der Waals surface area contributed by atoms with Gasteiger partial charge in [0.15, 0.2) is 0 Å². The van der Waals surface area contributed by atoms with Crippen LogP contribution in [0.2, 0.25) is 0 Å². The third-order valence-corrected chi connectivity index (χ3v) is 7.44. The van der Waals surface area contributed by atoms with Crippen molar-refractivity contribution in [3.8, 4) is 5.75 Å². The fourth-order valence-electron chi connectivity index (χ4n) is 5.63. The number of fused-ring (bicyclic) bond motifs is 1. The molecule has 3 N–H and O–H groups in total. The molecule has 0 aliphatic heterocycles. The summed E-state index contributed by atoms with van der Waals surface area (Å²) in [5, 5.41) is 11.3. The minimum absolute atomic E-state index is 0.161. The van der Waals surface area contributed by atoms with Gasteiger partial charge in [-0.3, -0.25) is 0 Å². The van der Waals surface area contributed by atoms with E-state index in [0.717, 1.165) is 41.5 Å². The molecule has 0 radical (unpaired) electrons. The van der Waals surface area contributed by atoms with E-state index < -0.39 is 0 Å². The Morgan fingerprint density at radius 3 is 2.62 bits per heavy atom. The summed E-state index contributed by atoms with van der Waals surface area (Å²) in [5.74, 6) is 3.03. The number of nitrogen functional groups attached to an aromatic ring is 1. The van der Waals surface area contributed by atoms with Crippen molar-refractivity contribution >= 4 is 17.0 Å². The van der Waals surface area contributed by atoms with Gasteiger partial charge < -0.3 is 10.5 Å². The largest absolute Gasteiger partial charge is 0.497 e. The standard InChI is InChI=1S/C28H33N5O/c1-34-23-11-6-10-22(17-23)24(25-18-26(29)30-28-27(25)31-33-32-28)12-5-7-19-13-15-21(16-14-19)20-8-3-2-4-9-20/h2-4,6,8-11,17-19,21,24H,5,7,12-16H2,1H3,(H3,29,30,31,32,33). The second kappa shape index (κ2) is 10.2. The molecule has 1 atom stereocenters. The van der Waals surface area contributed by atoms with Crippen LogP contribution < -0.4 is 10.5 Å². The lowest BCUT2D eigenvalue weighted by atomic mass is 9.76. The molecular formula is C28H33N5O. The van der Waals surface area contributed by atoms with Crippen LogP contribution in [0.3, 0.4) is 0 Å². The van der Waals surface area contributed by atoms with Crippen molar-refractivity contribution in [1.82, 2.24) is 20.4 Å². The van der Waals surface area contributed by atoms with Crippen LogP contribution in [-0.4, -0.2) is 27.5 Å². The van der Waals surface area contributed by atoms with Crippen molar-refractivity contribution in [1.29, 1.82) is 0 Å². The molecule has 0 spiro atoms. The average Bonchev–Trinajstić information content (AvgIpc) is 3.36. The maximum absolute atomic E-state index is 6.14. The van der Waals surface area contributed by atoms with Crippen molar-refractivity contribution in [3.05, 3.63) is 77.4 Å². The van der Waals surface area contributed by atoms with Gasteiger partial charge in [0, 0.05) is 5.92 Å². The zero-order valence-electron chi connectivity index (χ0n) is 19.8. The van der Waals surface area contributed by atoms with Gasteiger partial charge in [-0.2, -0.15) is 10.3 Å². The molecule has 6 nitrogen and oxygen atoms in total. The van der Waals surface area contributed by atoms with Crippen LogP contribution in [0.5, 0.6) is 5.75 Å². The van der Waals surface area contributed by atoms with Crippen LogP contribution in [-0.2, 0) is 0 Å². The molecule has 6 heteroatoms. The van der Waals surface area contributed by atoms with Gasteiger partial charge in [-0.25, -0.2) is 4.98 Å². The Balaban J connectivity index is 1.29. The number of nitrogens with one attached hydrogen (secondary N) is 1. The molecule has 1 unspecified atom stereocenters. The number of hydrogen-bond donors (Lipinski definition) is 2. The van der Waals surface area contributed by atoms with E-state index in [2.05, 4.69) is 68.9 Å². The van der Waals surface area contributed by atoms with E-state index in [1.165, 1.54) is 43.2 Å². The number of nitrogens with two attached hydrogens (primary N) is 1. The molecule has 2 aromatic carbocycles. The van der Waals surface area contributed by atoms with Crippen LogP contribution in [0.25, 0.3) is 11.2 Å². The number of aromatic nitrogens is 4. The summed E-state index contributed by atoms with van der Waals surface area (Å²) >= 11 is 0. The average molecular weight is 456 g/mol. The predicted octanol–water partition coefficient (Wildman–Crippen LogP) is 6.22. The summed E-state index contributed by atoms with van der Waals surface area (Å²) in [6.45, 7) is 0. The number of nitrogens with zero attached hydrogens (tertiary/aromatic N) is 3. The number of ether oxygens (including phenoxy) is 1. The molecule has 176 valence electrons. The normalized spacial score (nSPS) is 19.2. The number of anilines is 1. The van der Waals surface area contributed by atoms with E-state index in [1.807, 2.05) is 12.1 Å². The second-order valence-electron chi connectivity index (χ2n) is 9.52. The third-order valence-electron chi connectivity index (χ3n) is 7.44. The van der Waals surface area contributed by atoms with Crippen LogP contribution >= 0.6 is 0 Å². The van der Waals surface area contributed by atoms with Crippen molar-refractivity contribution in [2.45, 2.75) is 56.8 Å². The van der Waals surface area contributed by atoms with Gasteiger partial charge >= 0.3 is 0 Å². The summed E-state index contributed by atoms with van der Waals surface area (Å²) in [4.78, 5) is 4.34. The van der Waals surface area contributed by atoms with Gasteiger partial charge in [-0.05, 0) is 78.8 Å². The van der Waals surface area contributed by atoms with Gasteiger partial charge in [0.05, 0.1) is 7.11 Å². The van der Waals surface area contributed by atoms with Crippen molar-refractivity contribution in [2.75, 3.05) is 12.8 Å². The van der Waals surface area contributed by atoms with Crippen LogP contribution in [0.1, 0.15) is 73.5 Å². The molecule has 1 fully saturated rings. The highest BCUT2D eigenvalue weighted by Gasteiger charge is 2.24. The highest BCUT2D eigenvalue weighted by Crippen LogP contribution is 2.40. The molecular weight excluding hydrogens is 422 g/mol. The fraction of sp³-hybridized carbons (Fsp3) is 0.393. The van der Waals surface area contributed by atoms with Crippen molar-refractivity contribution in [2.24, 2.45) is 5.92 Å². The summed E-state index contributed by atoms with van der Waals surface area (Å²) in [6.07, 6.45) is 8.67. The first-order valence-electron chi connectivity index (χ1n) is 12.4. The van der Waals surface area contributed by atoms with Crippen LogP contribution in [0, 0.1) is 5.92 Å². The minimum atomic E-state index is 0.161. The lowest BCUT2D eigenvalue weighted by molar-refractivity contribution is 0.301. The van der Waals surface area contributed by atoms with E-state index in [9.17, 15) is 0 Å². The maximum Gasteiger partial charge on any atom is 0.203 e. The second-order valence-corrected chi connectivity index (χ2v) is 9.52. The molecule has 1 aliphatic carbocycles. The van der Waals surface area contributed by atoms with Gasteiger partial charge in [0.25, 0.3) is 0 Å². The Morgan fingerprint density at radius 1 is 1.00 bits per heavy atom. The number of pyridine rings is 1. The van der Waals surface area contributed by atoms with E-state index >= 15 is 0 Å². The zero-order chi connectivity index (χ0) is 23.3. The van der Waals surface area contributed by atoms with Gasteiger partial charge in [-0.1, -0.05) is 55.3 Å². The first kappa shape index (κ1) is 22.4. The summed E-state index contributed by atoms with van der Waals surface area (Å²) in [6, 6.07) is 21.3. The number of rotatable bonds is 8. The smallest absolute Gasteiger partial charge is 0.203 e. The van der Waals surface area contributed by atoms with E-state index in [1.54, 1.807) is 7.11 Å². The first-order chi connectivity index (χ1) is 16.7. The molecule has 4 aromatic rings. The summed E-state index contributed by atoms with van der Waals surface area (Å²) in [7, 11) is 1.71. The summed E-state index contributed by atoms with van der Waals surface area (Å²) < 4.78 is 5.51. The topological polar surface area (TPSA) is 89.7 Å². The van der Waals surface area contributed by atoms with Gasteiger partial charge in [0.2, 0.25) is 5.65 Å². The molecule has 1 saturated carbocycles. The molecule has 2 aromatic heterocycles. The number of benzene rings is 2. The van der Waals surface area contributed by atoms with E-state index in [0.29, 0.717) is 11.5 Å². The van der Waals surface area contributed by atoms with Gasteiger partial charge in [0.1, 0.15) is 17.1 Å². The lowest BCUT2D eigenvalue weighted by Crippen LogP contribution is -2.14. The Kier molecular flexibility index (Phi) is 6.74. The molecule has 0 bridgehead atoms. The van der Waals surface area contributed by atoms with Crippen molar-refractivity contribution in [3.63, 3.8) is 0 Å². The Hall–Kier alpha value is -3.41. The molecule has 34 heavy (non-hydrogen) atoms. The van der Waals surface area contributed by atoms with E-state index in [-0.39, 0.29) is 5.92 Å². The Morgan fingerprint density at radius 2 is 1.82 bits per heavy atom. The lowest BCUT2D eigenvalue weighted by Gasteiger charge is -2.29. The monoisotopic (exact) mass is 455 g/mol. The number of aromatic amines is 1. The SMILES string of the molecule is COc1cccc(C(CCCC2CCC(c3ccccc3)CC2)c2cc(N)nc3n[nH]nc23)c1. The van der Waals surface area contributed by atoms with Crippen LogP contribution in [0.4, 0.5) is 5.82 Å². The predicted molar refractivity (Wildman–Crippen MR) is 136 cm³/mol. The molecule has 1 aliphatic rings. The highest BCUT2D eigenvalue weighted by molar-refractivity contribution is 5.77. The summed E-state index contributed by atoms with van der Waals surface area (Å²) in [5.41, 5.74) is 11.3. The third kappa shape index (κ3) is 4.91. The number of H-pyrrole nitrogens is 1. The van der Waals surface area contributed by atoms with E-state index in [4.69, 9.17) is 10.5 Å². The molecule has 0 saturated heterocycles. The number of hydrogen-bond acceptors (Lipinski definition) is 5. The molecule has 0 amide bonds. The Bertz CT molecular complexity index is 1210. The quantitative estimate of drug-likeness (QED) is 0.329. The highest BCUT2D eigenvalue weighted by atomic mass is 16.5. The fourth-order valence-corrected chi connectivity index (χ4v) is 5.63. The maximum atomic E-state index is 6.14. The van der Waals surface area contributed by atoms with Crippen molar-refractivity contribution < 1.29 is 4.74 Å². The number of methoxy groups -OCH3 is 1. The molecule has 2 heterocycles. The zero-order valence-corrected chi connectivity index (χ0v) is 19.8.